The maximum absolute atomic E-state index is 11.2. The van der Waals surface area contributed by atoms with Gasteiger partial charge in [-0.15, -0.1) is 11.3 Å². The zero-order valence-electron chi connectivity index (χ0n) is 10.4. The van der Waals surface area contributed by atoms with Gasteiger partial charge in [0.15, 0.2) is 10.6 Å². The fourth-order valence-corrected chi connectivity index (χ4v) is 2.18. The second-order valence-electron chi connectivity index (χ2n) is 3.99. The van der Waals surface area contributed by atoms with E-state index in [4.69, 9.17) is 5.73 Å². The van der Waals surface area contributed by atoms with Crippen molar-refractivity contribution in [1.29, 1.82) is 0 Å². The average molecular weight is 278 g/mol. The van der Waals surface area contributed by atoms with E-state index in [1.54, 1.807) is 0 Å². The summed E-state index contributed by atoms with van der Waals surface area (Å²) in [7, 11) is 0. The van der Waals surface area contributed by atoms with Crippen LogP contribution in [-0.2, 0) is 6.42 Å². The summed E-state index contributed by atoms with van der Waals surface area (Å²) in [5, 5.41) is 11.9. The minimum atomic E-state index is -0.131. The summed E-state index contributed by atoms with van der Waals surface area (Å²) >= 11 is 1.37. The third-order valence-corrected chi connectivity index (χ3v) is 3.27. The Morgan fingerprint density at radius 2 is 2.42 bits per heavy atom. The first-order valence-corrected chi connectivity index (χ1v) is 6.57. The van der Waals surface area contributed by atoms with Crippen molar-refractivity contribution in [3.63, 3.8) is 0 Å². The standard InChI is InChI=1S/C12H14N4O2S/c1-8(11-7-19-12(13)15-11)14-4-2-9-6-10(17)3-5-16(9)18/h3,5-7,18H,2,4H2,1H3,(H2,13,15). The fraction of sp³-hybridized carbons (Fsp3) is 0.250. The smallest absolute Gasteiger partial charge is 0.182 e. The van der Waals surface area contributed by atoms with Gasteiger partial charge in [0.25, 0.3) is 0 Å². The minimum absolute atomic E-state index is 0.131. The lowest BCUT2D eigenvalue weighted by molar-refractivity contribution is 0.174. The number of hydrogen-bond acceptors (Lipinski definition) is 6. The Bertz CT molecular complexity index is 660. The highest BCUT2D eigenvalue weighted by atomic mass is 32.1. The van der Waals surface area contributed by atoms with E-state index < -0.39 is 0 Å². The molecule has 7 heteroatoms. The van der Waals surface area contributed by atoms with E-state index in [1.807, 2.05) is 12.3 Å². The Morgan fingerprint density at radius 3 is 3.11 bits per heavy atom. The van der Waals surface area contributed by atoms with E-state index >= 15 is 0 Å². The molecule has 0 saturated carbocycles. The quantitative estimate of drug-likeness (QED) is 0.648. The average Bonchev–Trinajstić information content (AvgIpc) is 2.80. The van der Waals surface area contributed by atoms with Crippen LogP contribution in [0.4, 0.5) is 5.13 Å². The summed E-state index contributed by atoms with van der Waals surface area (Å²) < 4.78 is 0.938. The van der Waals surface area contributed by atoms with Crippen LogP contribution in [0.15, 0.2) is 33.5 Å². The third-order valence-electron chi connectivity index (χ3n) is 2.59. The van der Waals surface area contributed by atoms with Crippen molar-refractivity contribution in [3.05, 3.63) is 45.3 Å². The van der Waals surface area contributed by atoms with Gasteiger partial charge in [-0.1, -0.05) is 0 Å². The van der Waals surface area contributed by atoms with E-state index in [0.717, 1.165) is 16.1 Å². The normalized spacial score (nSPS) is 11.7. The molecule has 0 aliphatic carbocycles. The molecule has 0 saturated heterocycles. The second-order valence-corrected chi connectivity index (χ2v) is 4.88. The van der Waals surface area contributed by atoms with Gasteiger partial charge in [0.05, 0.1) is 17.1 Å². The first-order chi connectivity index (χ1) is 9.06. The molecular formula is C12H14N4O2S. The van der Waals surface area contributed by atoms with Crippen LogP contribution in [0.5, 0.6) is 0 Å². The number of rotatable bonds is 4. The summed E-state index contributed by atoms with van der Waals surface area (Å²) in [6.45, 7) is 2.32. The van der Waals surface area contributed by atoms with Gasteiger partial charge in [-0.05, 0) is 6.92 Å². The molecule has 2 aromatic rings. The molecule has 2 aromatic heterocycles. The van der Waals surface area contributed by atoms with Crippen LogP contribution in [0, 0.1) is 0 Å². The monoisotopic (exact) mass is 278 g/mol. The number of thiazole rings is 1. The van der Waals surface area contributed by atoms with E-state index in [2.05, 4.69) is 9.98 Å². The molecule has 0 aromatic carbocycles. The highest BCUT2D eigenvalue weighted by Crippen LogP contribution is 2.11. The number of pyridine rings is 1. The molecule has 0 aliphatic heterocycles. The van der Waals surface area contributed by atoms with Gasteiger partial charge in [-0.2, -0.15) is 4.73 Å². The number of nitrogen functional groups attached to an aromatic ring is 1. The lowest BCUT2D eigenvalue weighted by Gasteiger charge is -2.04. The van der Waals surface area contributed by atoms with E-state index in [-0.39, 0.29) is 5.43 Å². The van der Waals surface area contributed by atoms with Crippen molar-refractivity contribution >= 4 is 22.2 Å². The van der Waals surface area contributed by atoms with Crippen molar-refractivity contribution in [2.75, 3.05) is 12.3 Å². The number of nitrogens with zero attached hydrogens (tertiary/aromatic N) is 3. The second kappa shape index (κ2) is 5.66. The van der Waals surface area contributed by atoms with Gasteiger partial charge in [0, 0.05) is 36.7 Å². The molecule has 6 nitrogen and oxygen atoms in total. The lowest BCUT2D eigenvalue weighted by Crippen LogP contribution is -2.10. The Balaban J connectivity index is 2.03. The first kappa shape index (κ1) is 13.3. The molecule has 0 unspecified atom stereocenters. The molecule has 0 amide bonds. The highest BCUT2D eigenvalue weighted by Gasteiger charge is 2.03. The minimum Gasteiger partial charge on any atom is -0.429 e. The topological polar surface area (TPSA) is 93.5 Å². The van der Waals surface area contributed by atoms with Crippen LogP contribution in [0.2, 0.25) is 0 Å². The molecule has 0 aliphatic rings. The maximum Gasteiger partial charge on any atom is 0.182 e. The van der Waals surface area contributed by atoms with E-state index in [0.29, 0.717) is 23.8 Å². The van der Waals surface area contributed by atoms with Gasteiger partial charge in [-0.3, -0.25) is 9.79 Å². The zero-order valence-corrected chi connectivity index (χ0v) is 11.2. The van der Waals surface area contributed by atoms with Crippen molar-refractivity contribution in [2.24, 2.45) is 4.99 Å². The Hall–Kier alpha value is -2.15. The highest BCUT2D eigenvalue weighted by molar-refractivity contribution is 7.13. The molecular weight excluding hydrogens is 264 g/mol. The van der Waals surface area contributed by atoms with Crippen molar-refractivity contribution in [3.8, 4) is 0 Å². The summed E-state index contributed by atoms with van der Waals surface area (Å²) in [6.07, 6.45) is 1.80. The van der Waals surface area contributed by atoms with Gasteiger partial charge < -0.3 is 10.9 Å². The predicted molar refractivity (Wildman–Crippen MR) is 75.2 cm³/mol. The SMILES string of the molecule is CC(=NCCc1cc(=O)ccn1O)c1csc(N)n1. The van der Waals surface area contributed by atoms with Crippen molar-refractivity contribution < 1.29 is 5.21 Å². The van der Waals surface area contributed by atoms with Crippen molar-refractivity contribution in [2.45, 2.75) is 13.3 Å². The van der Waals surface area contributed by atoms with Gasteiger partial charge in [-0.25, -0.2) is 4.98 Å². The summed E-state index contributed by atoms with van der Waals surface area (Å²) in [5.74, 6) is 0. The Labute approximate surface area is 113 Å². The summed E-state index contributed by atoms with van der Waals surface area (Å²) in [5.41, 5.74) is 7.50. The molecule has 0 radical (unpaired) electrons. The van der Waals surface area contributed by atoms with Crippen LogP contribution in [0.1, 0.15) is 18.3 Å². The maximum atomic E-state index is 11.2. The third kappa shape index (κ3) is 3.41. The Morgan fingerprint density at radius 1 is 1.63 bits per heavy atom. The number of aromatic nitrogens is 2. The van der Waals surface area contributed by atoms with Crippen LogP contribution in [0.25, 0.3) is 0 Å². The molecule has 0 atom stereocenters. The molecule has 2 rings (SSSR count). The molecule has 0 fully saturated rings. The number of aliphatic imine (C=N–C) groups is 1. The fourth-order valence-electron chi connectivity index (χ4n) is 1.58. The largest absolute Gasteiger partial charge is 0.429 e. The van der Waals surface area contributed by atoms with E-state index in [9.17, 15) is 10.0 Å². The van der Waals surface area contributed by atoms with Crippen LogP contribution in [0.3, 0.4) is 0 Å². The van der Waals surface area contributed by atoms with Gasteiger partial charge in [0.1, 0.15) is 0 Å². The van der Waals surface area contributed by atoms with E-state index in [1.165, 1.54) is 29.7 Å². The van der Waals surface area contributed by atoms with Crippen molar-refractivity contribution in [1.82, 2.24) is 9.71 Å². The summed E-state index contributed by atoms with van der Waals surface area (Å²) in [6, 6.07) is 2.70. The molecule has 2 heterocycles. The molecule has 0 spiro atoms. The van der Waals surface area contributed by atoms with Crippen LogP contribution >= 0.6 is 11.3 Å². The lowest BCUT2D eigenvalue weighted by atomic mass is 10.2. The number of anilines is 1. The van der Waals surface area contributed by atoms with Crippen LogP contribution in [-0.4, -0.2) is 27.2 Å². The first-order valence-electron chi connectivity index (χ1n) is 5.69. The summed E-state index contributed by atoms with van der Waals surface area (Å²) in [4.78, 5) is 19.7. The molecule has 100 valence electrons. The molecule has 0 bridgehead atoms. The zero-order chi connectivity index (χ0) is 13.8. The van der Waals surface area contributed by atoms with Gasteiger partial charge >= 0.3 is 0 Å². The molecule has 3 N–H and O–H groups in total. The van der Waals surface area contributed by atoms with Crippen LogP contribution < -0.4 is 11.2 Å². The molecule has 19 heavy (non-hydrogen) atoms. The predicted octanol–water partition coefficient (Wildman–Crippen LogP) is 1.18. The van der Waals surface area contributed by atoms with Gasteiger partial charge in [0.2, 0.25) is 0 Å². The number of nitrogens with two attached hydrogens (primary N) is 1. The Kier molecular flexibility index (Phi) is 3.96. The number of hydrogen-bond donors (Lipinski definition) is 2.